The second kappa shape index (κ2) is 16.5. The molecule has 0 rings (SSSR count). The zero-order valence-corrected chi connectivity index (χ0v) is 21.8. The van der Waals surface area contributed by atoms with Gasteiger partial charge in [0.2, 0.25) is 29.5 Å². The van der Waals surface area contributed by atoms with Gasteiger partial charge in [-0.05, 0) is 18.8 Å². The first-order valence-electron chi connectivity index (χ1n) is 11.9. The standard InChI is InChI=1S/C22H36N6O11/c1-4-11(18(24)35)25-21(38)13(8-16(33)34)27-22(39)17(9(2)3)28-20(37)12(5-6-14(29)30)26-19(36)10(23)7-15(31)32/h9-13,17H,4-8,23H2,1-3H3,(H2,24,35)(H,25,38)(H,26,36)(H,27,39)(H,28,37)(H,29,30)(H,31,32)(H,33,34)/t10?,11?,12-,13?,17-/m0/s1. The number of rotatable bonds is 18. The molecule has 17 nitrogen and oxygen atoms in total. The van der Waals surface area contributed by atoms with E-state index in [2.05, 4.69) is 21.3 Å². The van der Waals surface area contributed by atoms with Gasteiger partial charge in [0.25, 0.3) is 0 Å². The molecule has 220 valence electrons. The van der Waals surface area contributed by atoms with Crippen molar-refractivity contribution in [2.24, 2.45) is 17.4 Å². The van der Waals surface area contributed by atoms with Crippen LogP contribution in [0.4, 0.5) is 0 Å². The summed E-state index contributed by atoms with van der Waals surface area (Å²) in [7, 11) is 0. The molecular weight excluding hydrogens is 524 g/mol. The van der Waals surface area contributed by atoms with Crippen molar-refractivity contribution in [2.75, 3.05) is 0 Å². The Labute approximate surface area is 223 Å². The predicted octanol–water partition coefficient (Wildman–Crippen LogP) is -3.38. The average molecular weight is 561 g/mol. The fourth-order valence-electron chi connectivity index (χ4n) is 3.18. The zero-order valence-electron chi connectivity index (χ0n) is 21.8. The molecule has 11 N–H and O–H groups in total. The van der Waals surface area contributed by atoms with E-state index in [1.807, 2.05) is 0 Å². The fraction of sp³-hybridized carbons (Fsp3) is 0.636. The summed E-state index contributed by atoms with van der Waals surface area (Å²) in [5.74, 6) is -9.74. The minimum Gasteiger partial charge on any atom is -0.481 e. The number of hydrogen-bond donors (Lipinski definition) is 9. The summed E-state index contributed by atoms with van der Waals surface area (Å²) in [4.78, 5) is 95.3. The number of aliphatic carboxylic acids is 3. The molecule has 0 aliphatic rings. The Hall–Kier alpha value is -4.28. The van der Waals surface area contributed by atoms with Crippen LogP contribution >= 0.6 is 0 Å². The van der Waals surface area contributed by atoms with Gasteiger partial charge in [-0.3, -0.25) is 38.4 Å². The van der Waals surface area contributed by atoms with Crippen molar-refractivity contribution >= 4 is 47.4 Å². The summed E-state index contributed by atoms with van der Waals surface area (Å²) in [6.07, 6.45) is -2.56. The van der Waals surface area contributed by atoms with E-state index in [0.29, 0.717) is 0 Å². The van der Waals surface area contributed by atoms with Gasteiger partial charge in [0.1, 0.15) is 24.2 Å². The van der Waals surface area contributed by atoms with E-state index in [0.717, 1.165) is 0 Å². The van der Waals surface area contributed by atoms with Crippen LogP contribution in [0.2, 0.25) is 0 Å². The highest BCUT2D eigenvalue weighted by molar-refractivity contribution is 5.97. The third-order valence-electron chi connectivity index (χ3n) is 5.34. The van der Waals surface area contributed by atoms with Gasteiger partial charge in [0.05, 0.1) is 18.9 Å². The van der Waals surface area contributed by atoms with Crippen molar-refractivity contribution in [1.82, 2.24) is 21.3 Å². The lowest BCUT2D eigenvalue weighted by atomic mass is 10.0. The maximum Gasteiger partial charge on any atom is 0.305 e. The molecule has 17 heteroatoms. The van der Waals surface area contributed by atoms with Crippen molar-refractivity contribution in [2.45, 2.75) is 83.1 Å². The molecule has 3 unspecified atom stereocenters. The molecule has 0 bridgehead atoms. The molecule has 0 heterocycles. The number of nitrogens with two attached hydrogens (primary N) is 2. The van der Waals surface area contributed by atoms with Crippen LogP contribution in [0.1, 0.15) is 52.9 Å². The van der Waals surface area contributed by atoms with Crippen molar-refractivity contribution in [3.63, 3.8) is 0 Å². The molecule has 0 fully saturated rings. The fourth-order valence-corrected chi connectivity index (χ4v) is 3.18. The first-order valence-corrected chi connectivity index (χ1v) is 11.9. The molecule has 0 spiro atoms. The second-order valence-electron chi connectivity index (χ2n) is 8.96. The maximum absolute atomic E-state index is 13.0. The summed E-state index contributed by atoms with van der Waals surface area (Å²) >= 11 is 0. The van der Waals surface area contributed by atoms with Crippen LogP contribution < -0.4 is 32.7 Å². The number of primary amides is 1. The minimum atomic E-state index is -1.65. The summed E-state index contributed by atoms with van der Waals surface area (Å²) in [5, 5.41) is 35.9. The lowest BCUT2D eigenvalue weighted by Crippen LogP contribution is -2.60. The van der Waals surface area contributed by atoms with E-state index < -0.39 is 109 Å². The maximum atomic E-state index is 13.0. The number of nitrogens with one attached hydrogen (secondary N) is 4. The van der Waals surface area contributed by atoms with Gasteiger partial charge >= 0.3 is 17.9 Å². The highest BCUT2D eigenvalue weighted by Crippen LogP contribution is 2.07. The van der Waals surface area contributed by atoms with Crippen LogP contribution in [-0.2, 0) is 38.4 Å². The molecule has 0 saturated heterocycles. The number of amides is 5. The topological polar surface area (TPSA) is 297 Å². The molecule has 5 atom stereocenters. The molecule has 0 radical (unpaired) electrons. The normalized spacial score (nSPS) is 14.6. The minimum absolute atomic E-state index is 0.0963. The number of carbonyl (C=O) groups is 8. The first-order chi connectivity index (χ1) is 18.0. The number of carbonyl (C=O) groups excluding carboxylic acids is 5. The van der Waals surface area contributed by atoms with E-state index in [4.69, 9.17) is 21.7 Å². The molecule has 39 heavy (non-hydrogen) atoms. The first kappa shape index (κ1) is 34.7. The Morgan fingerprint density at radius 3 is 1.59 bits per heavy atom. The SMILES string of the molecule is CCC(NC(=O)C(CC(=O)O)NC(=O)[C@@H](NC(=O)[C@H](CCC(=O)O)NC(=O)C(N)CC(=O)O)C(C)C)C(N)=O. The van der Waals surface area contributed by atoms with Crippen molar-refractivity contribution in [1.29, 1.82) is 0 Å². The van der Waals surface area contributed by atoms with E-state index in [1.165, 1.54) is 13.8 Å². The Morgan fingerprint density at radius 2 is 1.15 bits per heavy atom. The van der Waals surface area contributed by atoms with Crippen LogP contribution in [0.5, 0.6) is 0 Å². The monoisotopic (exact) mass is 560 g/mol. The summed E-state index contributed by atoms with van der Waals surface area (Å²) < 4.78 is 0. The second-order valence-corrected chi connectivity index (χ2v) is 8.96. The van der Waals surface area contributed by atoms with Crippen LogP contribution in [-0.4, -0.2) is 93.0 Å². The zero-order chi connectivity index (χ0) is 30.4. The summed E-state index contributed by atoms with van der Waals surface area (Å²) in [6, 6.07) is -7.25. The van der Waals surface area contributed by atoms with Gasteiger partial charge in [-0.2, -0.15) is 0 Å². The smallest absolute Gasteiger partial charge is 0.305 e. The quantitative estimate of drug-likeness (QED) is 0.0793. The van der Waals surface area contributed by atoms with E-state index >= 15 is 0 Å². The molecule has 0 aliphatic carbocycles. The van der Waals surface area contributed by atoms with E-state index in [-0.39, 0.29) is 6.42 Å². The molecule has 0 aromatic heterocycles. The molecule has 0 saturated carbocycles. The molecule has 5 amide bonds. The molecular formula is C22H36N6O11. The molecule has 0 aromatic rings. The number of carboxylic acid groups (broad SMARTS) is 3. The van der Waals surface area contributed by atoms with Gasteiger partial charge in [-0.25, -0.2) is 0 Å². The lowest BCUT2D eigenvalue weighted by molar-refractivity contribution is -0.142. The highest BCUT2D eigenvalue weighted by atomic mass is 16.4. The molecule has 0 aliphatic heterocycles. The third kappa shape index (κ3) is 13.2. The predicted molar refractivity (Wildman–Crippen MR) is 131 cm³/mol. The van der Waals surface area contributed by atoms with Crippen molar-refractivity contribution in [3.8, 4) is 0 Å². The summed E-state index contributed by atoms with van der Waals surface area (Å²) in [6.45, 7) is 4.55. The van der Waals surface area contributed by atoms with Gasteiger partial charge < -0.3 is 48.1 Å². The number of hydrogen-bond acceptors (Lipinski definition) is 9. The van der Waals surface area contributed by atoms with Crippen LogP contribution in [0.15, 0.2) is 0 Å². The van der Waals surface area contributed by atoms with Gasteiger partial charge in [-0.15, -0.1) is 0 Å². The van der Waals surface area contributed by atoms with Crippen LogP contribution in [0.25, 0.3) is 0 Å². The van der Waals surface area contributed by atoms with Crippen LogP contribution in [0.3, 0.4) is 0 Å². The van der Waals surface area contributed by atoms with Crippen LogP contribution in [0, 0.1) is 5.92 Å². The Kier molecular flexibility index (Phi) is 14.7. The van der Waals surface area contributed by atoms with E-state index in [1.54, 1.807) is 6.92 Å². The highest BCUT2D eigenvalue weighted by Gasteiger charge is 2.33. The Bertz CT molecular complexity index is 955. The van der Waals surface area contributed by atoms with Crippen molar-refractivity contribution < 1.29 is 53.7 Å². The summed E-state index contributed by atoms with van der Waals surface area (Å²) in [5.41, 5.74) is 10.7. The largest absolute Gasteiger partial charge is 0.481 e. The van der Waals surface area contributed by atoms with Gasteiger partial charge in [0, 0.05) is 6.42 Å². The average Bonchev–Trinajstić information content (AvgIpc) is 2.81. The van der Waals surface area contributed by atoms with Gasteiger partial charge in [-0.1, -0.05) is 20.8 Å². The van der Waals surface area contributed by atoms with Crippen molar-refractivity contribution in [3.05, 3.63) is 0 Å². The van der Waals surface area contributed by atoms with Gasteiger partial charge in [0.15, 0.2) is 0 Å². The third-order valence-corrected chi connectivity index (χ3v) is 5.34. The lowest BCUT2D eigenvalue weighted by Gasteiger charge is -2.27. The Balaban J connectivity index is 5.78. The number of carboxylic acids is 3. The van der Waals surface area contributed by atoms with E-state index in [9.17, 15) is 43.5 Å². The molecule has 0 aromatic carbocycles. The Morgan fingerprint density at radius 1 is 0.667 bits per heavy atom.